The van der Waals surface area contributed by atoms with Gasteiger partial charge in [0.25, 0.3) is 0 Å². The lowest BCUT2D eigenvalue weighted by Crippen LogP contribution is -2.43. The molecule has 1 N–H and O–H groups in total. The summed E-state index contributed by atoms with van der Waals surface area (Å²) in [4.78, 5) is 12.9. The second-order valence-electron chi connectivity index (χ2n) is 4.89. The molecule has 0 aromatic carbocycles. The number of aliphatic carboxylic acids is 1. The minimum atomic E-state index is -0.816. The van der Waals surface area contributed by atoms with Gasteiger partial charge in [0.2, 0.25) is 0 Å². The molecule has 0 aromatic rings. The first-order valence-corrected chi connectivity index (χ1v) is 6.54. The smallest absolute Gasteiger partial charge is 0.320 e. The minimum Gasteiger partial charge on any atom is -0.480 e. The van der Waals surface area contributed by atoms with E-state index in [2.05, 4.69) is 0 Å². The Morgan fingerprint density at radius 1 is 1.00 bits per heavy atom. The van der Waals surface area contributed by atoms with Crippen LogP contribution in [0.1, 0.15) is 34.6 Å². The lowest BCUT2D eigenvalue weighted by Gasteiger charge is -2.26. The summed E-state index contributed by atoms with van der Waals surface area (Å²) >= 11 is 0. The maximum absolute atomic E-state index is 11.0. The highest BCUT2D eigenvalue weighted by Gasteiger charge is 2.20. The molecule has 0 heterocycles. The van der Waals surface area contributed by atoms with Crippen molar-refractivity contribution in [3.05, 3.63) is 0 Å². The number of nitrogens with zero attached hydrogens (tertiary/aromatic N) is 1. The molecule has 0 saturated carbocycles. The number of carboxylic acids is 1. The summed E-state index contributed by atoms with van der Waals surface area (Å²) in [7, 11) is 0. The first-order valence-electron chi connectivity index (χ1n) is 6.54. The zero-order valence-electron chi connectivity index (χ0n) is 12.2. The van der Waals surface area contributed by atoms with Gasteiger partial charge in [0.15, 0.2) is 0 Å². The van der Waals surface area contributed by atoms with Crippen molar-refractivity contribution in [1.82, 2.24) is 4.90 Å². The van der Waals surface area contributed by atoms with E-state index in [1.165, 1.54) is 0 Å². The van der Waals surface area contributed by atoms with Gasteiger partial charge in [0.05, 0.1) is 25.4 Å². The van der Waals surface area contributed by atoms with Crippen LogP contribution in [0.15, 0.2) is 0 Å². The molecule has 0 bridgehead atoms. The Kier molecular flexibility index (Phi) is 8.97. The number of hydrogen-bond donors (Lipinski definition) is 1. The van der Waals surface area contributed by atoms with Crippen LogP contribution in [0.3, 0.4) is 0 Å². The minimum absolute atomic E-state index is 0.166. The Morgan fingerprint density at radius 3 is 1.67 bits per heavy atom. The van der Waals surface area contributed by atoms with Crippen LogP contribution in [-0.4, -0.2) is 60.5 Å². The summed E-state index contributed by atoms with van der Waals surface area (Å²) in [5.41, 5.74) is 0. The molecule has 5 heteroatoms. The van der Waals surface area contributed by atoms with E-state index in [1.54, 1.807) is 6.92 Å². The standard InChI is InChI=1S/C13H27NO4/c1-10(2)17-8-6-14(12(5)13(15)16)7-9-18-11(3)4/h10-12H,6-9H2,1-5H3,(H,15,16). The first-order chi connectivity index (χ1) is 8.34. The van der Waals surface area contributed by atoms with E-state index in [9.17, 15) is 4.79 Å². The Hall–Kier alpha value is -0.650. The van der Waals surface area contributed by atoms with E-state index >= 15 is 0 Å². The predicted molar refractivity (Wildman–Crippen MR) is 70.8 cm³/mol. The highest BCUT2D eigenvalue weighted by atomic mass is 16.5. The maximum Gasteiger partial charge on any atom is 0.320 e. The van der Waals surface area contributed by atoms with Gasteiger partial charge >= 0.3 is 5.97 Å². The Bertz CT molecular complexity index is 217. The second-order valence-corrected chi connectivity index (χ2v) is 4.89. The van der Waals surface area contributed by atoms with Crippen molar-refractivity contribution < 1.29 is 19.4 Å². The van der Waals surface area contributed by atoms with Crippen LogP contribution in [0.25, 0.3) is 0 Å². The van der Waals surface area contributed by atoms with E-state index in [1.807, 2.05) is 32.6 Å². The lowest BCUT2D eigenvalue weighted by molar-refractivity contribution is -0.143. The van der Waals surface area contributed by atoms with E-state index < -0.39 is 12.0 Å². The Labute approximate surface area is 110 Å². The van der Waals surface area contributed by atoms with Gasteiger partial charge < -0.3 is 14.6 Å². The average molecular weight is 261 g/mol. The zero-order chi connectivity index (χ0) is 14.1. The van der Waals surface area contributed by atoms with Gasteiger partial charge in [0, 0.05) is 13.1 Å². The number of carboxylic acid groups (broad SMARTS) is 1. The molecule has 0 fully saturated rings. The highest BCUT2D eigenvalue weighted by Crippen LogP contribution is 2.01. The molecule has 0 aromatic heterocycles. The lowest BCUT2D eigenvalue weighted by atomic mass is 10.3. The van der Waals surface area contributed by atoms with Gasteiger partial charge in [-0.2, -0.15) is 0 Å². The van der Waals surface area contributed by atoms with Gasteiger partial charge in [-0.25, -0.2) is 0 Å². The van der Waals surface area contributed by atoms with E-state index in [4.69, 9.17) is 14.6 Å². The fourth-order valence-electron chi connectivity index (χ4n) is 1.47. The molecule has 108 valence electrons. The summed E-state index contributed by atoms with van der Waals surface area (Å²) in [5, 5.41) is 9.05. The summed E-state index contributed by atoms with van der Waals surface area (Å²) in [6.45, 7) is 11.8. The zero-order valence-corrected chi connectivity index (χ0v) is 12.2. The molecule has 1 atom stereocenters. The summed E-state index contributed by atoms with van der Waals surface area (Å²) in [6, 6.07) is -0.517. The molecular formula is C13H27NO4. The largest absolute Gasteiger partial charge is 0.480 e. The molecule has 0 radical (unpaired) electrons. The maximum atomic E-state index is 11.0. The number of carbonyl (C=O) groups is 1. The van der Waals surface area contributed by atoms with Gasteiger partial charge in [-0.05, 0) is 34.6 Å². The molecular weight excluding hydrogens is 234 g/mol. The number of hydrogen-bond acceptors (Lipinski definition) is 4. The molecule has 18 heavy (non-hydrogen) atoms. The molecule has 5 nitrogen and oxygen atoms in total. The van der Waals surface area contributed by atoms with Crippen molar-refractivity contribution >= 4 is 5.97 Å². The van der Waals surface area contributed by atoms with Crippen molar-refractivity contribution in [1.29, 1.82) is 0 Å². The number of rotatable bonds is 10. The van der Waals surface area contributed by atoms with Gasteiger partial charge in [-0.1, -0.05) is 0 Å². The first kappa shape index (κ1) is 17.4. The van der Waals surface area contributed by atoms with Crippen LogP contribution in [-0.2, 0) is 14.3 Å². The molecule has 0 aliphatic heterocycles. The van der Waals surface area contributed by atoms with Crippen molar-refractivity contribution in [2.45, 2.75) is 52.9 Å². The molecule has 0 spiro atoms. The van der Waals surface area contributed by atoms with Gasteiger partial charge in [0.1, 0.15) is 6.04 Å². The summed E-state index contributed by atoms with van der Waals surface area (Å²) < 4.78 is 10.9. The monoisotopic (exact) mass is 261 g/mol. The highest BCUT2D eigenvalue weighted by molar-refractivity contribution is 5.72. The Balaban J connectivity index is 4.12. The third-order valence-corrected chi connectivity index (χ3v) is 2.56. The molecule has 0 aliphatic rings. The van der Waals surface area contributed by atoms with E-state index in [0.29, 0.717) is 26.3 Å². The van der Waals surface area contributed by atoms with Crippen molar-refractivity contribution in [3.63, 3.8) is 0 Å². The Morgan fingerprint density at radius 2 is 1.39 bits per heavy atom. The van der Waals surface area contributed by atoms with Crippen LogP contribution >= 0.6 is 0 Å². The van der Waals surface area contributed by atoms with Crippen LogP contribution in [0.2, 0.25) is 0 Å². The summed E-state index contributed by atoms with van der Waals surface area (Å²) in [5.74, 6) is -0.816. The normalized spacial score (nSPS) is 13.6. The molecule has 0 saturated heterocycles. The third kappa shape index (κ3) is 8.44. The van der Waals surface area contributed by atoms with Crippen molar-refractivity contribution in [2.75, 3.05) is 26.3 Å². The second kappa shape index (κ2) is 9.30. The van der Waals surface area contributed by atoms with Crippen molar-refractivity contribution in [2.24, 2.45) is 0 Å². The SMILES string of the molecule is CC(C)OCCN(CCOC(C)C)C(C)C(=O)O. The summed E-state index contributed by atoms with van der Waals surface area (Å²) in [6.07, 6.45) is 0.331. The fourth-order valence-corrected chi connectivity index (χ4v) is 1.47. The average Bonchev–Trinajstić information content (AvgIpc) is 2.25. The number of ether oxygens (including phenoxy) is 2. The topological polar surface area (TPSA) is 59.0 Å². The van der Waals surface area contributed by atoms with Gasteiger partial charge in [-0.3, -0.25) is 9.69 Å². The van der Waals surface area contributed by atoms with Crippen LogP contribution in [0.4, 0.5) is 0 Å². The van der Waals surface area contributed by atoms with Crippen LogP contribution in [0.5, 0.6) is 0 Å². The molecule has 1 unspecified atom stereocenters. The molecule has 0 amide bonds. The third-order valence-electron chi connectivity index (χ3n) is 2.56. The van der Waals surface area contributed by atoms with Crippen molar-refractivity contribution in [3.8, 4) is 0 Å². The van der Waals surface area contributed by atoms with E-state index in [0.717, 1.165) is 0 Å². The van der Waals surface area contributed by atoms with E-state index in [-0.39, 0.29) is 12.2 Å². The fraction of sp³-hybridized carbons (Fsp3) is 0.923. The molecule has 0 rings (SSSR count). The van der Waals surface area contributed by atoms with Gasteiger partial charge in [-0.15, -0.1) is 0 Å². The van der Waals surface area contributed by atoms with Crippen LogP contribution < -0.4 is 0 Å². The molecule has 0 aliphatic carbocycles. The quantitative estimate of drug-likeness (QED) is 0.647. The predicted octanol–water partition coefficient (Wildman–Crippen LogP) is 1.61. The van der Waals surface area contributed by atoms with Crippen LogP contribution in [0, 0.1) is 0 Å².